The minimum absolute atomic E-state index is 0.328. The summed E-state index contributed by atoms with van der Waals surface area (Å²) < 4.78 is 39.7. The Labute approximate surface area is 105 Å². The molecule has 2 nitrogen and oxygen atoms in total. The van der Waals surface area contributed by atoms with Crippen molar-refractivity contribution in [3.63, 3.8) is 0 Å². The molecule has 0 N–H and O–H groups in total. The monoisotopic (exact) mass is 258 g/mol. The Morgan fingerprint density at radius 2 is 1.56 bits per heavy atom. The molecule has 1 aromatic rings. The second-order valence-corrected chi connectivity index (χ2v) is 4.69. The maximum Gasteiger partial charge on any atom is 0.408 e. The predicted molar refractivity (Wildman–Crippen MR) is 64.3 cm³/mol. The van der Waals surface area contributed by atoms with E-state index in [0.717, 1.165) is 0 Å². The second-order valence-electron chi connectivity index (χ2n) is 4.69. The molecule has 0 aliphatic carbocycles. The van der Waals surface area contributed by atoms with Gasteiger partial charge in [0.2, 0.25) is 0 Å². The van der Waals surface area contributed by atoms with Crippen molar-refractivity contribution in [3.05, 3.63) is 35.9 Å². The molecule has 1 aliphatic rings. The maximum absolute atomic E-state index is 13.2. The normalized spacial score (nSPS) is 20.9. The number of hydrogen-bond donors (Lipinski definition) is 0. The van der Waals surface area contributed by atoms with Crippen LogP contribution in [0.5, 0.6) is 0 Å². The quantitative estimate of drug-likeness (QED) is 0.804. The molecule has 1 fully saturated rings. The fourth-order valence-corrected chi connectivity index (χ4v) is 2.32. The molecule has 0 aromatic heterocycles. The van der Waals surface area contributed by atoms with E-state index in [1.165, 1.54) is 4.90 Å². The largest absolute Gasteiger partial charge is 0.408 e. The van der Waals surface area contributed by atoms with Gasteiger partial charge >= 0.3 is 6.18 Å². The molecule has 2 rings (SSSR count). The van der Waals surface area contributed by atoms with Crippen molar-refractivity contribution in [3.8, 4) is 0 Å². The number of alkyl halides is 3. The van der Waals surface area contributed by atoms with E-state index in [1.54, 1.807) is 30.3 Å². The van der Waals surface area contributed by atoms with Crippen molar-refractivity contribution < 1.29 is 13.2 Å². The van der Waals surface area contributed by atoms with Crippen molar-refractivity contribution in [2.75, 3.05) is 33.2 Å². The Kier molecular flexibility index (Phi) is 3.92. The molecule has 1 heterocycles. The lowest BCUT2D eigenvalue weighted by Gasteiger charge is -2.38. The average Bonchev–Trinajstić information content (AvgIpc) is 2.32. The Morgan fingerprint density at radius 3 is 2.06 bits per heavy atom. The summed E-state index contributed by atoms with van der Waals surface area (Å²) in [4.78, 5) is 3.57. The number of hydrogen-bond acceptors (Lipinski definition) is 2. The zero-order valence-electron chi connectivity index (χ0n) is 10.3. The van der Waals surface area contributed by atoms with Crippen LogP contribution in [0.1, 0.15) is 11.6 Å². The van der Waals surface area contributed by atoms with Gasteiger partial charge in [-0.15, -0.1) is 0 Å². The van der Waals surface area contributed by atoms with Gasteiger partial charge in [-0.1, -0.05) is 30.3 Å². The van der Waals surface area contributed by atoms with E-state index in [-0.39, 0.29) is 0 Å². The molecule has 1 unspecified atom stereocenters. The molecule has 1 aliphatic heterocycles. The first-order valence-electron chi connectivity index (χ1n) is 6.03. The lowest BCUT2D eigenvalue weighted by molar-refractivity contribution is -0.190. The third-order valence-corrected chi connectivity index (χ3v) is 3.33. The summed E-state index contributed by atoms with van der Waals surface area (Å²) in [7, 11) is 1.93. The van der Waals surface area contributed by atoms with Gasteiger partial charge in [0.25, 0.3) is 0 Å². The standard InChI is InChI=1S/C13H17F3N2/c1-17-7-9-18(10-8-17)12(13(14,15)16)11-5-3-2-4-6-11/h2-6,12H,7-10H2,1H3. The number of benzene rings is 1. The first kappa shape index (κ1) is 13.4. The van der Waals surface area contributed by atoms with E-state index in [0.29, 0.717) is 31.7 Å². The van der Waals surface area contributed by atoms with Gasteiger partial charge in [0, 0.05) is 26.2 Å². The van der Waals surface area contributed by atoms with Crippen LogP contribution in [-0.4, -0.2) is 49.2 Å². The molecule has 1 aromatic carbocycles. The fourth-order valence-electron chi connectivity index (χ4n) is 2.32. The first-order valence-corrected chi connectivity index (χ1v) is 6.03. The molecular formula is C13H17F3N2. The number of piperazine rings is 1. The number of likely N-dealkylation sites (N-methyl/N-ethyl adjacent to an activating group) is 1. The third kappa shape index (κ3) is 3.03. The smallest absolute Gasteiger partial charge is 0.304 e. The van der Waals surface area contributed by atoms with Crippen LogP contribution in [0.25, 0.3) is 0 Å². The number of rotatable bonds is 2. The van der Waals surface area contributed by atoms with Crippen molar-refractivity contribution in [1.82, 2.24) is 9.80 Å². The van der Waals surface area contributed by atoms with Crippen LogP contribution in [0.2, 0.25) is 0 Å². The van der Waals surface area contributed by atoms with Crippen molar-refractivity contribution in [1.29, 1.82) is 0 Å². The van der Waals surface area contributed by atoms with Gasteiger partial charge in [-0.05, 0) is 12.6 Å². The van der Waals surface area contributed by atoms with Crippen LogP contribution >= 0.6 is 0 Å². The van der Waals surface area contributed by atoms with Gasteiger partial charge in [0.1, 0.15) is 6.04 Å². The van der Waals surface area contributed by atoms with Crippen LogP contribution in [0, 0.1) is 0 Å². The Balaban J connectivity index is 2.21. The fraction of sp³-hybridized carbons (Fsp3) is 0.538. The average molecular weight is 258 g/mol. The minimum atomic E-state index is -4.22. The van der Waals surface area contributed by atoms with Gasteiger partial charge in [-0.3, -0.25) is 4.90 Å². The summed E-state index contributed by atoms with van der Waals surface area (Å²) in [6.45, 7) is 2.27. The van der Waals surface area contributed by atoms with Crippen LogP contribution in [-0.2, 0) is 0 Å². The summed E-state index contributed by atoms with van der Waals surface area (Å²) in [6.07, 6.45) is -4.22. The van der Waals surface area contributed by atoms with E-state index in [9.17, 15) is 13.2 Å². The molecule has 0 bridgehead atoms. The van der Waals surface area contributed by atoms with Gasteiger partial charge in [-0.25, -0.2) is 0 Å². The summed E-state index contributed by atoms with van der Waals surface area (Å²) >= 11 is 0. The van der Waals surface area contributed by atoms with E-state index >= 15 is 0 Å². The summed E-state index contributed by atoms with van der Waals surface area (Å²) in [6, 6.07) is 6.68. The van der Waals surface area contributed by atoms with Gasteiger partial charge < -0.3 is 4.90 Å². The SMILES string of the molecule is CN1CCN(C(c2ccccc2)C(F)(F)F)CC1. The molecule has 5 heteroatoms. The molecule has 1 saturated heterocycles. The Hall–Kier alpha value is -1.07. The zero-order chi connectivity index (χ0) is 13.2. The highest BCUT2D eigenvalue weighted by molar-refractivity contribution is 5.20. The predicted octanol–water partition coefficient (Wildman–Crippen LogP) is 2.54. The third-order valence-electron chi connectivity index (χ3n) is 3.33. The van der Waals surface area contributed by atoms with Gasteiger partial charge in [0.05, 0.1) is 0 Å². The zero-order valence-corrected chi connectivity index (χ0v) is 10.3. The Morgan fingerprint density at radius 1 is 1.00 bits per heavy atom. The molecular weight excluding hydrogens is 241 g/mol. The van der Waals surface area contributed by atoms with E-state index in [2.05, 4.69) is 4.90 Å². The summed E-state index contributed by atoms with van der Waals surface area (Å²) in [5.41, 5.74) is 0.328. The topological polar surface area (TPSA) is 6.48 Å². The Bertz CT molecular complexity index is 370. The highest BCUT2D eigenvalue weighted by Gasteiger charge is 2.44. The molecule has 0 amide bonds. The van der Waals surface area contributed by atoms with Crippen molar-refractivity contribution in [2.45, 2.75) is 12.2 Å². The van der Waals surface area contributed by atoms with Gasteiger partial charge in [-0.2, -0.15) is 13.2 Å². The van der Waals surface area contributed by atoms with Crippen LogP contribution < -0.4 is 0 Å². The highest BCUT2D eigenvalue weighted by atomic mass is 19.4. The van der Waals surface area contributed by atoms with Crippen molar-refractivity contribution in [2.24, 2.45) is 0 Å². The number of nitrogens with zero attached hydrogens (tertiary/aromatic N) is 2. The second kappa shape index (κ2) is 5.28. The van der Waals surface area contributed by atoms with Gasteiger partial charge in [0.15, 0.2) is 0 Å². The van der Waals surface area contributed by atoms with Crippen LogP contribution in [0.3, 0.4) is 0 Å². The van der Waals surface area contributed by atoms with Crippen LogP contribution in [0.15, 0.2) is 30.3 Å². The van der Waals surface area contributed by atoms with E-state index in [1.807, 2.05) is 7.05 Å². The lowest BCUT2D eigenvalue weighted by atomic mass is 10.0. The summed E-state index contributed by atoms with van der Waals surface area (Å²) in [5, 5.41) is 0. The van der Waals surface area contributed by atoms with Crippen LogP contribution in [0.4, 0.5) is 13.2 Å². The molecule has 0 saturated carbocycles. The van der Waals surface area contributed by atoms with Crippen molar-refractivity contribution >= 4 is 0 Å². The van der Waals surface area contributed by atoms with E-state index < -0.39 is 12.2 Å². The summed E-state index contributed by atoms with van der Waals surface area (Å²) in [5.74, 6) is 0. The van der Waals surface area contributed by atoms with E-state index in [4.69, 9.17) is 0 Å². The molecule has 100 valence electrons. The highest BCUT2D eigenvalue weighted by Crippen LogP contribution is 2.37. The number of halogens is 3. The molecule has 0 spiro atoms. The molecule has 18 heavy (non-hydrogen) atoms. The minimum Gasteiger partial charge on any atom is -0.304 e. The first-order chi connectivity index (χ1) is 8.48. The molecule has 0 radical (unpaired) electrons. The maximum atomic E-state index is 13.2. The molecule has 1 atom stereocenters. The lowest BCUT2D eigenvalue weighted by Crippen LogP contribution is -2.49.